The van der Waals surface area contributed by atoms with Gasteiger partial charge in [-0.3, -0.25) is 4.79 Å². The molecule has 0 spiro atoms. The van der Waals surface area contributed by atoms with Crippen molar-refractivity contribution in [3.05, 3.63) is 53.7 Å². The lowest BCUT2D eigenvalue weighted by molar-refractivity contribution is -0.192. The molecule has 1 aliphatic carbocycles. The summed E-state index contributed by atoms with van der Waals surface area (Å²) >= 11 is 0. The number of carbonyl (C=O) groups excluding carboxylic acids is 1. The van der Waals surface area contributed by atoms with Crippen LogP contribution < -0.4 is 10.1 Å². The fourth-order valence-electron chi connectivity index (χ4n) is 4.71. The number of hydrogen-bond donors (Lipinski definition) is 2. The molecule has 2 N–H and O–H groups in total. The van der Waals surface area contributed by atoms with Crippen molar-refractivity contribution in [2.75, 3.05) is 18.5 Å². The first-order valence-electron chi connectivity index (χ1n) is 12.4. The van der Waals surface area contributed by atoms with Gasteiger partial charge < -0.3 is 24.3 Å². The highest BCUT2D eigenvalue weighted by Gasteiger charge is 2.49. The van der Waals surface area contributed by atoms with Gasteiger partial charge in [0.1, 0.15) is 28.5 Å². The van der Waals surface area contributed by atoms with E-state index in [1.807, 2.05) is 17.5 Å². The summed E-state index contributed by atoms with van der Waals surface area (Å²) in [4.78, 5) is 30.3. The Balaban J connectivity index is 0.000000470. The molecule has 0 aromatic carbocycles. The molecule has 1 amide bonds. The fraction of sp³-hybridized carbons (Fsp3) is 0.462. The van der Waals surface area contributed by atoms with E-state index in [0.717, 1.165) is 31.4 Å². The molecule has 3 aromatic rings. The number of carbonyl (C=O) groups is 2. The van der Waals surface area contributed by atoms with Gasteiger partial charge in [-0.15, -0.1) is 0 Å². The van der Waals surface area contributed by atoms with E-state index in [1.165, 1.54) is 18.2 Å². The third-order valence-electron chi connectivity index (χ3n) is 7.08. The van der Waals surface area contributed by atoms with Gasteiger partial charge in [-0.05, 0) is 51.7 Å². The number of pyridine rings is 2. The zero-order valence-corrected chi connectivity index (χ0v) is 21.6. The number of aliphatic carboxylic acids is 1. The lowest BCUT2D eigenvalue weighted by Gasteiger charge is -2.51. The van der Waals surface area contributed by atoms with Crippen molar-refractivity contribution < 1.29 is 46.1 Å². The molecule has 2 saturated heterocycles. The number of imidazole rings is 1. The second kappa shape index (κ2) is 11.0. The Morgan fingerprint density at radius 3 is 2.40 bits per heavy atom. The van der Waals surface area contributed by atoms with Gasteiger partial charge in [0.2, 0.25) is 0 Å². The van der Waals surface area contributed by atoms with Crippen LogP contribution in [-0.4, -0.2) is 56.3 Å². The molecule has 40 heavy (non-hydrogen) atoms. The number of anilines is 1. The Labute approximate surface area is 225 Å². The highest BCUT2D eigenvalue weighted by Crippen LogP contribution is 2.49. The van der Waals surface area contributed by atoms with Crippen LogP contribution in [0.15, 0.2) is 36.7 Å². The van der Waals surface area contributed by atoms with Gasteiger partial charge in [-0.2, -0.15) is 13.2 Å². The quantitative estimate of drug-likeness (QED) is 0.374. The van der Waals surface area contributed by atoms with Crippen molar-refractivity contribution in [3.63, 3.8) is 0 Å². The molecular formula is C26H27F5N4O5. The van der Waals surface area contributed by atoms with Crippen LogP contribution in [0.1, 0.15) is 67.8 Å². The third kappa shape index (κ3) is 6.16. The van der Waals surface area contributed by atoms with Gasteiger partial charge in [0.05, 0.1) is 24.5 Å². The first-order valence-corrected chi connectivity index (χ1v) is 12.4. The summed E-state index contributed by atoms with van der Waals surface area (Å²) in [6.45, 7) is 5.07. The molecule has 0 unspecified atom stereocenters. The zero-order chi connectivity index (χ0) is 29.3. The van der Waals surface area contributed by atoms with Crippen molar-refractivity contribution in [2.45, 2.75) is 63.1 Å². The number of carboxylic acid groups (broad SMARTS) is 1. The molecule has 2 aliphatic heterocycles. The maximum Gasteiger partial charge on any atom is 0.490 e. The maximum atomic E-state index is 13.0. The molecule has 3 aromatic heterocycles. The molecule has 14 heteroatoms. The average Bonchev–Trinajstić information content (AvgIpc) is 3.33. The first kappa shape index (κ1) is 29.2. The molecule has 6 rings (SSSR count). The Morgan fingerprint density at radius 2 is 1.85 bits per heavy atom. The number of alkyl halides is 5. The van der Waals surface area contributed by atoms with Crippen LogP contribution in [0.3, 0.4) is 0 Å². The van der Waals surface area contributed by atoms with Gasteiger partial charge in [0.25, 0.3) is 12.3 Å². The normalized spacial score (nSPS) is 22.1. The number of halogens is 5. The summed E-state index contributed by atoms with van der Waals surface area (Å²) in [5.74, 6) is -2.90. The molecule has 5 heterocycles. The van der Waals surface area contributed by atoms with Crippen molar-refractivity contribution in [1.82, 2.24) is 14.4 Å². The summed E-state index contributed by atoms with van der Waals surface area (Å²) in [5, 5.41) is 9.88. The predicted octanol–water partition coefficient (Wildman–Crippen LogP) is 5.55. The number of ether oxygens (including phenoxy) is 2. The van der Waals surface area contributed by atoms with E-state index in [4.69, 9.17) is 24.4 Å². The second-order valence-corrected chi connectivity index (χ2v) is 9.90. The van der Waals surface area contributed by atoms with E-state index in [0.29, 0.717) is 30.3 Å². The number of rotatable bonds is 6. The van der Waals surface area contributed by atoms with Crippen molar-refractivity contribution in [2.24, 2.45) is 0 Å². The highest BCUT2D eigenvalue weighted by molar-refractivity contribution is 6.03. The number of amides is 1. The Hall–Kier alpha value is -3.81. The van der Waals surface area contributed by atoms with Crippen molar-refractivity contribution in [3.8, 4) is 5.75 Å². The molecule has 0 radical (unpaired) electrons. The third-order valence-corrected chi connectivity index (χ3v) is 7.08. The molecule has 9 nitrogen and oxygen atoms in total. The lowest BCUT2D eigenvalue weighted by Crippen LogP contribution is -2.51. The SMILES string of the molecule is CCOc1cc2nc(C34CCC(C)(CC3)OC4)cn2cc1NC(=O)c1cccc(C(F)F)n1.O=C(O)C(F)(F)F. The van der Waals surface area contributed by atoms with Crippen molar-refractivity contribution in [1.29, 1.82) is 0 Å². The van der Waals surface area contributed by atoms with Gasteiger partial charge in [0.15, 0.2) is 0 Å². The van der Waals surface area contributed by atoms with E-state index in [1.54, 1.807) is 12.3 Å². The minimum absolute atomic E-state index is 0.0177. The number of nitrogens with one attached hydrogen (secondary N) is 1. The van der Waals surface area contributed by atoms with E-state index >= 15 is 0 Å². The smallest absolute Gasteiger partial charge is 0.490 e. The molecule has 3 aliphatic rings. The minimum Gasteiger partial charge on any atom is -0.491 e. The average molecular weight is 571 g/mol. The lowest BCUT2D eigenvalue weighted by atomic mass is 9.65. The van der Waals surface area contributed by atoms with E-state index in [9.17, 15) is 26.7 Å². The Kier molecular flexibility index (Phi) is 8.01. The van der Waals surface area contributed by atoms with Gasteiger partial charge in [-0.25, -0.2) is 23.5 Å². The molecule has 0 atom stereocenters. The van der Waals surface area contributed by atoms with Crippen molar-refractivity contribution >= 4 is 23.2 Å². The molecular weight excluding hydrogens is 543 g/mol. The summed E-state index contributed by atoms with van der Waals surface area (Å²) in [6, 6.07) is 5.75. The monoisotopic (exact) mass is 570 g/mol. The van der Waals surface area contributed by atoms with E-state index in [-0.39, 0.29) is 16.7 Å². The highest BCUT2D eigenvalue weighted by atomic mass is 19.4. The van der Waals surface area contributed by atoms with Crippen LogP contribution in [0.4, 0.5) is 27.6 Å². The summed E-state index contributed by atoms with van der Waals surface area (Å²) < 4.78 is 71.4. The van der Waals surface area contributed by atoms with Crippen LogP contribution in [-0.2, 0) is 14.9 Å². The minimum atomic E-state index is -5.08. The predicted molar refractivity (Wildman–Crippen MR) is 132 cm³/mol. The van der Waals surface area contributed by atoms with Crippen LogP contribution in [0.25, 0.3) is 5.65 Å². The van der Waals surface area contributed by atoms with Gasteiger partial charge >= 0.3 is 12.1 Å². The topological polar surface area (TPSA) is 115 Å². The molecule has 3 fully saturated rings. The second-order valence-electron chi connectivity index (χ2n) is 9.90. The van der Waals surface area contributed by atoms with Gasteiger partial charge in [0, 0.05) is 23.9 Å². The largest absolute Gasteiger partial charge is 0.491 e. The Morgan fingerprint density at radius 1 is 1.18 bits per heavy atom. The first-order chi connectivity index (χ1) is 18.7. The fourth-order valence-corrected chi connectivity index (χ4v) is 4.71. The van der Waals surface area contributed by atoms with Crippen LogP contribution in [0.2, 0.25) is 0 Å². The standard InChI is InChI=1S/C24H26F2N4O3.C2HF3O2/c1-3-32-18-11-20-29-19(24-9-7-23(2,8-10-24)33-14-24)13-30(20)12-17(18)28-22(31)16-6-4-5-15(27-16)21(25)26;3-2(4,5)1(6)7/h4-6,11-13,21H,3,7-10,14H2,1-2H3,(H,28,31);(H,6,7). The number of carboxylic acids is 1. The van der Waals surface area contributed by atoms with E-state index in [2.05, 4.69) is 17.2 Å². The molecule has 1 saturated carbocycles. The van der Waals surface area contributed by atoms with Crippen LogP contribution >= 0.6 is 0 Å². The molecule has 2 bridgehead atoms. The summed E-state index contributed by atoms with van der Waals surface area (Å²) in [6.07, 6.45) is -0.0396. The van der Waals surface area contributed by atoms with E-state index < -0.39 is 30.2 Å². The Bertz CT molecular complexity index is 1380. The number of fused-ring (bicyclic) bond motifs is 4. The van der Waals surface area contributed by atoms with Crippen LogP contribution in [0.5, 0.6) is 5.75 Å². The number of hydrogen-bond acceptors (Lipinski definition) is 6. The molecule has 216 valence electrons. The van der Waals surface area contributed by atoms with Gasteiger partial charge in [-0.1, -0.05) is 6.07 Å². The zero-order valence-electron chi connectivity index (χ0n) is 21.6. The number of nitrogens with zero attached hydrogens (tertiary/aromatic N) is 3. The summed E-state index contributed by atoms with van der Waals surface area (Å²) in [5.41, 5.74) is 1.44. The maximum absolute atomic E-state index is 13.0. The summed E-state index contributed by atoms with van der Waals surface area (Å²) in [7, 11) is 0. The number of aromatic nitrogens is 3. The van der Waals surface area contributed by atoms with Crippen LogP contribution in [0, 0.1) is 0 Å².